The maximum atomic E-state index is 13.1. The van der Waals surface area contributed by atoms with Gasteiger partial charge < -0.3 is 9.64 Å². The van der Waals surface area contributed by atoms with Crippen molar-refractivity contribution in [3.63, 3.8) is 0 Å². The summed E-state index contributed by atoms with van der Waals surface area (Å²) in [5.74, 6) is 0.137. The lowest BCUT2D eigenvalue weighted by atomic mass is 10.1. The fourth-order valence-corrected chi connectivity index (χ4v) is 2.84. The Morgan fingerprint density at radius 3 is 2.81 bits per heavy atom. The van der Waals surface area contributed by atoms with Crippen LogP contribution in [0.1, 0.15) is 21.7 Å². The Morgan fingerprint density at radius 1 is 1.19 bits per heavy atom. The number of ether oxygens (including phenoxy) is 1. The molecule has 0 radical (unpaired) electrons. The Labute approximate surface area is 149 Å². The van der Waals surface area contributed by atoms with Crippen LogP contribution in [0.3, 0.4) is 0 Å². The second kappa shape index (κ2) is 6.91. The van der Waals surface area contributed by atoms with Crippen LogP contribution in [0.15, 0.2) is 48.8 Å². The number of aromatic nitrogens is 4. The fourth-order valence-electron chi connectivity index (χ4n) is 2.84. The van der Waals surface area contributed by atoms with E-state index in [0.29, 0.717) is 36.6 Å². The van der Waals surface area contributed by atoms with Crippen molar-refractivity contribution in [2.24, 2.45) is 0 Å². The SMILES string of the molecule is O=C(c1ccc(F)cc1)N1CCn2nnc(COc3cccnc3)c2C1. The third-order valence-electron chi connectivity index (χ3n) is 4.23. The highest BCUT2D eigenvalue weighted by atomic mass is 19.1. The van der Waals surface area contributed by atoms with Crippen LogP contribution in [-0.2, 0) is 19.7 Å². The van der Waals surface area contributed by atoms with Crippen molar-refractivity contribution in [1.29, 1.82) is 0 Å². The van der Waals surface area contributed by atoms with Crippen LogP contribution in [-0.4, -0.2) is 37.3 Å². The van der Waals surface area contributed by atoms with Crippen molar-refractivity contribution in [2.45, 2.75) is 19.7 Å². The van der Waals surface area contributed by atoms with E-state index in [2.05, 4.69) is 15.3 Å². The van der Waals surface area contributed by atoms with Crippen molar-refractivity contribution >= 4 is 5.91 Å². The van der Waals surface area contributed by atoms with Crippen LogP contribution in [0.2, 0.25) is 0 Å². The number of hydrogen-bond donors (Lipinski definition) is 0. The first-order valence-electron chi connectivity index (χ1n) is 8.19. The summed E-state index contributed by atoms with van der Waals surface area (Å²) in [5.41, 5.74) is 1.99. The third-order valence-corrected chi connectivity index (χ3v) is 4.23. The molecule has 0 atom stereocenters. The first-order valence-corrected chi connectivity index (χ1v) is 8.19. The Balaban J connectivity index is 1.48. The average Bonchev–Trinajstić information content (AvgIpc) is 3.09. The molecule has 1 amide bonds. The van der Waals surface area contributed by atoms with Crippen molar-refractivity contribution in [1.82, 2.24) is 24.9 Å². The Hall–Kier alpha value is -3.29. The average molecular weight is 353 g/mol. The third kappa shape index (κ3) is 3.26. The predicted octanol–water partition coefficient (Wildman–Crippen LogP) is 2.05. The van der Waals surface area contributed by atoms with E-state index in [1.165, 1.54) is 24.3 Å². The molecular weight excluding hydrogens is 337 g/mol. The molecule has 3 heterocycles. The van der Waals surface area contributed by atoms with E-state index in [1.807, 2.05) is 6.07 Å². The zero-order valence-corrected chi connectivity index (χ0v) is 13.9. The molecule has 8 heteroatoms. The second-order valence-electron chi connectivity index (χ2n) is 5.92. The fraction of sp³-hybridized carbons (Fsp3) is 0.222. The lowest BCUT2D eigenvalue weighted by Gasteiger charge is -2.27. The molecule has 3 aromatic rings. The largest absolute Gasteiger partial charge is 0.486 e. The summed E-state index contributed by atoms with van der Waals surface area (Å²) in [6.45, 7) is 1.71. The monoisotopic (exact) mass is 353 g/mol. The topological polar surface area (TPSA) is 73.1 Å². The molecule has 0 aliphatic carbocycles. The van der Waals surface area contributed by atoms with Crippen LogP contribution < -0.4 is 4.74 Å². The quantitative estimate of drug-likeness (QED) is 0.718. The molecule has 2 aromatic heterocycles. The minimum atomic E-state index is -0.364. The summed E-state index contributed by atoms with van der Waals surface area (Å²) >= 11 is 0. The Kier molecular flexibility index (Phi) is 4.30. The van der Waals surface area contributed by atoms with E-state index in [4.69, 9.17) is 4.74 Å². The molecule has 0 unspecified atom stereocenters. The van der Waals surface area contributed by atoms with Gasteiger partial charge in [0.1, 0.15) is 23.9 Å². The summed E-state index contributed by atoms with van der Waals surface area (Å²) in [5, 5.41) is 8.30. The Bertz CT molecular complexity index is 911. The van der Waals surface area contributed by atoms with Crippen LogP contribution in [0.4, 0.5) is 4.39 Å². The first kappa shape index (κ1) is 16.2. The normalized spacial score (nSPS) is 13.3. The molecule has 4 rings (SSSR count). The van der Waals surface area contributed by atoms with Gasteiger partial charge in [0.25, 0.3) is 5.91 Å². The predicted molar refractivity (Wildman–Crippen MR) is 89.7 cm³/mol. The zero-order chi connectivity index (χ0) is 17.9. The molecule has 1 aromatic carbocycles. The lowest BCUT2D eigenvalue weighted by molar-refractivity contribution is 0.0704. The molecule has 0 bridgehead atoms. The van der Waals surface area contributed by atoms with Gasteiger partial charge in [-0.25, -0.2) is 9.07 Å². The van der Waals surface area contributed by atoms with Crippen molar-refractivity contribution in [2.75, 3.05) is 6.54 Å². The number of carbonyl (C=O) groups excluding carboxylic acids is 1. The highest BCUT2D eigenvalue weighted by Crippen LogP contribution is 2.19. The molecule has 1 aliphatic rings. The van der Waals surface area contributed by atoms with E-state index in [-0.39, 0.29) is 18.3 Å². The van der Waals surface area contributed by atoms with Crippen LogP contribution >= 0.6 is 0 Å². The number of pyridine rings is 1. The molecule has 0 fully saturated rings. The molecule has 26 heavy (non-hydrogen) atoms. The van der Waals surface area contributed by atoms with Gasteiger partial charge in [0.2, 0.25) is 0 Å². The van der Waals surface area contributed by atoms with Crippen molar-refractivity contribution in [3.8, 4) is 5.75 Å². The number of halogens is 1. The van der Waals surface area contributed by atoms with Crippen LogP contribution in [0.5, 0.6) is 5.75 Å². The maximum Gasteiger partial charge on any atom is 0.254 e. The minimum Gasteiger partial charge on any atom is -0.486 e. The van der Waals surface area contributed by atoms with Gasteiger partial charge in [-0.15, -0.1) is 5.10 Å². The van der Waals surface area contributed by atoms with Crippen LogP contribution in [0.25, 0.3) is 0 Å². The Morgan fingerprint density at radius 2 is 2.04 bits per heavy atom. The molecular formula is C18H16FN5O2. The highest BCUT2D eigenvalue weighted by molar-refractivity contribution is 5.94. The second-order valence-corrected chi connectivity index (χ2v) is 5.92. The van der Waals surface area contributed by atoms with Crippen LogP contribution in [0, 0.1) is 5.82 Å². The number of rotatable bonds is 4. The summed E-state index contributed by atoms with van der Waals surface area (Å²) in [6.07, 6.45) is 3.30. The molecule has 132 valence electrons. The first-order chi connectivity index (χ1) is 12.7. The molecule has 0 saturated carbocycles. The zero-order valence-electron chi connectivity index (χ0n) is 13.9. The number of nitrogens with zero attached hydrogens (tertiary/aromatic N) is 5. The number of benzene rings is 1. The number of amides is 1. The van der Waals surface area contributed by atoms with E-state index in [9.17, 15) is 9.18 Å². The number of carbonyl (C=O) groups is 1. The van der Waals surface area contributed by atoms with E-state index in [1.54, 1.807) is 28.0 Å². The standard InChI is InChI=1S/C18H16FN5O2/c19-14-5-3-13(4-6-14)18(25)23-8-9-24-17(11-23)16(21-22-24)12-26-15-2-1-7-20-10-15/h1-7,10H,8-9,11-12H2. The summed E-state index contributed by atoms with van der Waals surface area (Å²) < 4.78 is 20.5. The maximum absolute atomic E-state index is 13.1. The highest BCUT2D eigenvalue weighted by Gasteiger charge is 2.26. The lowest BCUT2D eigenvalue weighted by Crippen LogP contribution is -2.38. The van der Waals surface area contributed by atoms with Gasteiger partial charge >= 0.3 is 0 Å². The van der Waals surface area contributed by atoms with E-state index >= 15 is 0 Å². The smallest absolute Gasteiger partial charge is 0.254 e. The summed E-state index contributed by atoms with van der Waals surface area (Å²) in [7, 11) is 0. The van der Waals surface area contributed by atoms with Gasteiger partial charge in [-0.2, -0.15) is 0 Å². The summed E-state index contributed by atoms with van der Waals surface area (Å²) in [6, 6.07) is 9.17. The van der Waals surface area contributed by atoms with Gasteiger partial charge in [-0.05, 0) is 36.4 Å². The van der Waals surface area contributed by atoms with Crippen molar-refractivity contribution < 1.29 is 13.9 Å². The van der Waals surface area contributed by atoms with Gasteiger partial charge in [0.15, 0.2) is 0 Å². The number of fused-ring (bicyclic) bond motifs is 1. The van der Waals surface area contributed by atoms with Gasteiger partial charge in [-0.1, -0.05) is 5.21 Å². The van der Waals surface area contributed by atoms with Gasteiger partial charge in [0, 0.05) is 18.3 Å². The molecule has 0 spiro atoms. The summed E-state index contributed by atoms with van der Waals surface area (Å²) in [4.78, 5) is 18.4. The van der Waals surface area contributed by atoms with E-state index in [0.717, 1.165) is 5.69 Å². The number of hydrogen-bond acceptors (Lipinski definition) is 5. The molecule has 0 saturated heterocycles. The van der Waals surface area contributed by atoms with Gasteiger partial charge in [0.05, 0.1) is 25.0 Å². The molecule has 0 N–H and O–H groups in total. The van der Waals surface area contributed by atoms with Gasteiger partial charge in [-0.3, -0.25) is 9.78 Å². The molecule has 7 nitrogen and oxygen atoms in total. The van der Waals surface area contributed by atoms with Crippen molar-refractivity contribution in [3.05, 3.63) is 71.6 Å². The van der Waals surface area contributed by atoms with E-state index < -0.39 is 0 Å². The minimum absolute atomic E-state index is 0.142. The molecule has 1 aliphatic heterocycles.